The fraction of sp³-hybridized carbons (Fsp3) is 0.154. The van der Waals surface area contributed by atoms with Crippen LogP contribution in [0.4, 0.5) is 13.2 Å². The lowest BCUT2D eigenvalue weighted by atomic mass is 10.1. The van der Waals surface area contributed by atoms with Gasteiger partial charge in [0.2, 0.25) is 0 Å². The molecule has 106 valence electrons. The molecular formula is C13H9ClF3NO2. The maximum Gasteiger partial charge on any atom is 0.573 e. The molecule has 1 aromatic heterocycles. The van der Waals surface area contributed by atoms with Crippen LogP contribution in [0.25, 0.3) is 11.3 Å². The molecule has 2 rings (SSSR count). The molecule has 1 heterocycles. The molecule has 0 aliphatic rings. The Morgan fingerprint density at radius 3 is 2.45 bits per heavy atom. The van der Waals surface area contributed by atoms with Gasteiger partial charge in [0, 0.05) is 11.8 Å². The molecule has 0 bridgehead atoms. The van der Waals surface area contributed by atoms with Gasteiger partial charge in [0.15, 0.2) is 0 Å². The Balaban J connectivity index is 2.28. The van der Waals surface area contributed by atoms with Crippen LogP contribution >= 0.6 is 11.6 Å². The average molecular weight is 304 g/mol. The van der Waals surface area contributed by atoms with Crippen LogP contribution in [-0.2, 0) is 6.61 Å². The van der Waals surface area contributed by atoms with Gasteiger partial charge in [-0.15, -0.1) is 13.2 Å². The number of halogens is 4. The fourth-order valence-corrected chi connectivity index (χ4v) is 1.78. The van der Waals surface area contributed by atoms with Crippen molar-refractivity contribution in [3.05, 3.63) is 47.1 Å². The predicted molar refractivity (Wildman–Crippen MR) is 67.3 cm³/mol. The van der Waals surface area contributed by atoms with Crippen molar-refractivity contribution in [3.63, 3.8) is 0 Å². The Morgan fingerprint density at radius 1 is 1.20 bits per heavy atom. The topological polar surface area (TPSA) is 42.4 Å². The van der Waals surface area contributed by atoms with Crippen LogP contribution < -0.4 is 4.74 Å². The molecule has 7 heteroatoms. The molecule has 0 saturated heterocycles. The summed E-state index contributed by atoms with van der Waals surface area (Å²) in [6.07, 6.45) is -3.31. The van der Waals surface area contributed by atoms with Crippen LogP contribution in [-0.4, -0.2) is 16.5 Å². The molecule has 1 aromatic carbocycles. The first-order valence-corrected chi connectivity index (χ1v) is 5.88. The minimum Gasteiger partial charge on any atom is -0.404 e. The maximum absolute atomic E-state index is 12.1. The summed E-state index contributed by atoms with van der Waals surface area (Å²) in [5.41, 5.74) is 1.72. The summed E-state index contributed by atoms with van der Waals surface area (Å²) in [7, 11) is 0. The van der Waals surface area contributed by atoms with E-state index in [1.54, 1.807) is 12.1 Å². The SMILES string of the molecule is OCc1ccc(-c2ccc(OC(F)(F)F)c(Cl)c2)nc1. The first kappa shape index (κ1) is 14.6. The summed E-state index contributed by atoms with van der Waals surface area (Å²) in [5, 5.41) is 8.74. The summed E-state index contributed by atoms with van der Waals surface area (Å²) in [5.74, 6) is -0.463. The van der Waals surface area contributed by atoms with Crippen LogP contribution in [0, 0.1) is 0 Å². The van der Waals surface area contributed by atoms with Gasteiger partial charge in [-0.25, -0.2) is 0 Å². The predicted octanol–water partition coefficient (Wildman–Crippen LogP) is 3.79. The number of nitrogens with zero attached hydrogens (tertiary/aromatic N) is 1. The van der Waals surface area contributed by atoms with Crippen LogP contribution in [0.1, 0.15) is 5.56 Å². The van der Waals surface area contributed by atoms with E-state index in [0.717, 1.165) is 6.07 Å². The fourth-order valence-electron chi connectivity index (χ4n) is 1.56. The monoisotopic (exact) mass is 303 g/mol. The minimum atomic E-state index is -4.79. The van der Waals surface area contributed by atoms with Crippen LogP contribution in [0.3, 0.4) is 0 Å². The Morgan fingerprint density at radius 2 is 1.95 bits per heavy atom. The minimum absolute atomic E-state index is 0.133. The maximum atomic E-state index is 12.1. The number of aromatic nitrogens is 1. The summed E-state index contributed by atoms with van der Waals surface area (Å²) in [4.78, 5) is 4.08. The molecule has 0 fully saturated rings. The van der Waals surface area contributed by atoms with E-state index in [0.29, 0.717) is 16.8 Å². The van der Waals surface area contributed by atoms with E-state index < -0.39 is 12.1 Å². The second-order valence-corrected chi connectivity index (χ2v) is 4.31. The normalized spacial score (nSPS) is 11.4. The molecule has 0 spiro atoms. The van der Waals surface area contributed by atoms with E-state index in [1.807, 2.05) is 0 Å². The van der Waals surface area contributed by atoms with Gasteiger partial charge >= 0.3 is 6.36 Å². The number of hydrogen-bond donors (Lipinski definition) is 1. The Kier molecular flexibility index (Phi) is 4.15. The van der Waals surface area contributed by atoms with Crippen molar-refractivity contribution in [2.75, 3.05) is 0 Å². The molecule has 1 N–H and O–H groups in total. The van der Waals surface area contributed by atoms with Crippen molar-refractivity contribution < 1.29 is 23.0 Å². The zero-order valence-electron chi connectivity index (χ0n) is 9.99. The van der Waals surface area contributed by atoms with Crippen LogP contribution in [0.5, 0.6) is 5.75 Å². The van der Waals surface area contributed by atoms with Crippen molar-refractivity contribution in [1.29, 1.82) is 0 Å². The smallest absolute Gasteiger partial charge is 0.404 e. The third-order valence-corrected chi connectivity index (χ3v) is 2.76. The summed E-state index contributed by atoms with van der Waals surface area (Å²) >= 11 is 5.75. The van der Waals surface area contributed by atoms with Gasteiger partial charge in [-0.1, -0.05) is 17.7 Å². The average Bonchev–Trinajstić information content (AvgIpc) is 2.40. The van der Waals surface area contributed by atoms with Gasteiger partial charge in [0.1, 0.15) is 5.75 Å². The number of hydrogen-bond acceptors (Lipinski definition) is 3. The molecule has 0 atom stereocenters. The lowest BCUT2D eigenvalue weighted by Crippen LogP contribution is -2.17. The zero-order valence-corrected chi connectivity index (χ0v) is 10.7. The van der Waals surface area contributed by atoms with Gasteiger partial charge in [0.25, 0.3) is 0 Å². The second-order valence-electron chi connectivity index (χ2n) is 3.90. The molecule has 0 saturated carbocycles. The van der Waals surface area contributed by atoms with Gasteiger partial charge < -0.3 is 9.84 Å². The van der Waals surface area contributed by atoms with E-state index in [9.17, 15) is 13.2 Å². The van der Waals surface area contributed by atoms with Crippen molar-refractivity contribution in [2.24, 2.45) is 0 Å². The highest BCUT2D eigenvalue weighted by Gasteiger charge is 2.32. The highest BCUT2D eigenvalue weighted by Crippen LogP contribution is 2.33. The lowest BCUT2D eigenvalue weighted by Gasteiger charge is -2.11. The Labute approximate surface area is 117 Å². The van der Waals surface area contributed by atoms with Gasteiger partial charge in [-0.2, -0.15) is 0 Å². The van der Waals surface area contributed by atoms with Gasteiger partial charge in [0.05, 0.1) is 17.3 Å². The molecule has 0 aliphatic carbocycles. The van der Waals surface area contributed by atoms with E-state index >= 15 is 0 Å². The molecule has 2 aromatic rings. The Hall–Kier alpha value is -1.79. The highest BCUT2D eigenvalue weighted by atomic mass is 35.5. The molecule has 0 aliphatic heterocycles. The quantitative estimate of drug-likeness (QED) is 0.938. The van der Waals surface area contributed by atoms with Crippen molar-refractivity contribution >= 4 is 11.6 Å². The van der Waals surface area contributed by atoms with E-state index in [-0.39, 0.29) is 11.6 Å². The van der Waals surface area contributed by atoms with Gasteiger partial charge in [-0.05, 0) is 29.8 Å². The first-order chi connectivity index (χ1) is 9.39. The van der Waals surface area contributed by atoms with Crippen molar-refractivity contribution in [1.82, 2.24) is 4.98 Å². The van der Waals surface area contributed by atoms with Crippen molar-refractivity contribution in [3.8, 4) is 17.0 Å². The van der Waals surface area contributed by atoms with Crippen LogP contribution in [0.2, 0.25) is 5.02 Å². The number of benzene rings is 1. The summed E-state index contributed by atoms with van der Waals surface area (Å²) in [6.45, 7) is -0.133. The third kappa shape index (κ3) is 3.61. The molecule has 20 heavy (non-hydrogen) atoms. The van der Waals surface area contributed by atoms with Crippen molar-refractivity contribution in [2.45, 2.75) is 13.0 Å². The summed E-state index contributed by atoms with van der Waals surface area (Å²) < 4.78 is 40.1. The second kappa shape index (κ2) is 5.68. The third-order valence-electron chi connectivity index (χ3n) is 2.46. The van der Waals surface area contributed by atoms with E-state index in [2.05, 4.69) is 9.72 Å². The Bertz CT molecular complexity index is 600. The number of aliphatic hydroxyl groups is 1. The standard InChI is InChI=1S/C13H9ClF3NO2/c14-10-5-9(2-4-12(10)20-13(15,16)17)11-3-1-8(7-19)6-18-11/h1-6,19H,7H2. The van der Waals surface area contributed by atoms with Gasteiger partial charge in [-0.3, -0.25) is 4.98 Å². The molecule has 0 amide bonds. The molecule has 0 unspecified atom stereocenters. The highest BCUT2D eigenvalue weighted by molar-refractivity contribution is 6.32. The number of aliphatic hydroxyl groups excluding tert-OH is 1. The molecule has 3 nitrogen and oxygen atoms in total. The number of alkyl halides is 3. The number of pyridine rings is 1. The molecule has 0 radical (unpaired) electrons. The largest absolute Gasteiger partial charge is 0.573 e. The van der Waals surface area contributed by atoms with Crippen LogP contribution in [0.15, 0.2) is 36.5 Å². The molecular weight excluding hydrogens is 295 g/mol. The summed E-state index contributed by atoms with van der Waals surface area (Å²) in [6, 6.07) is 7.20. The lowest BCUT2D eigenvalue weighted by molar-refractivity contribution is -0.274. The van der Waals surface area contributed by atoms with E-state index in [1.165, 1.54) is 18.3 Å². The van der Waals surface area contributed by atoms with E-state index in [4.69, 9.17) is 16.7 Å². The zero-order chi connectivity index (χ0) is 14.8. The number of ether oxygens (including phenoxy) is 1. The first-order valence-electron chi connectivity index (χ1n) is 5.50. The number of rotatable bonds is 3.